The molecule has 0 amide bonds. The van der Waals surface area contributed by atoms with Gasteiger partial charge in [0.2, 0.25) is 0 Å². The van der Waals surface area contributed by atoms with Crippen molar-refractivity contribution in [1.82, 2.24) is 9.97 Å². The minimum Gasteiger partial charge on any atom is -0.543 e. The van der Waals surface area contributed by atoms with Crippen molar-refractivity contribution in [2.45, 2.75) is 26.2 Å². The number of nitrogens with zero attached hydrogens (tertiary/aromatic N) is 1. The molecule has 1 aromatic carbocycles. The number of hydrogen-bond donors (Lipinski definition) is 1. The highest BCUT2D eigenvalue weighted by Gasteiger charge is 2.11. The first-order chi connectivity index (χ1) is 9.70. The number of para-hydroxylation sites is 1. The number of H-pyrrole nitrogens is 1. The van der Waals surface area contributed by atoms with Crippen molar-refractivity contribution in [3.05, 3.63) is 41.7 Å². The zero-order chi connectivity index (χ0) is 14.1. The number of fused-ring (bicyclic) bond motifs is 3. The van der Waals surface area contributed by atoms with E-state index >= 15 is 0 Å². The molecule has 0 radical (unpaired) electrons. The van der Waals surface area contributed by atoms with E-state index in [1.165, 1.54) is 0 Å². The highest BCUT2D eigenvalue weighted by atomic mass is 16.4. The molecule has 0 aliphatic carbocycles. The molecule has 0 unspecified atom stereocenters. The number of hydrogen-bond acceptors (Lipinski definition) is 3. The fraction of sp³-hybridized carbons (Fsp3) is 0.250. The van der Waals surface area contributed by atoms with E-state index in [-0.39, 0.29) is 5.69 Å². The number of aromatic carboxylic acids is 1. The maximum atomic E-state index is 11.1. The van der Waals surface area contributed by atoms with Crippen LogP contribution in [-0.4, -0.2) is 15.9 Å². The van der Waals surface area contributed by atoms with Gasteiger partial charge in [-0.3, -0.25) is 0 Å². The number of rotatable bonds is 4. The zero-order valence-corrected chi connectivity index (χ0v) is 11.3. The van der Waals surface area contributed by atoms with Crippen LogP contribution < -0.4 is 5.11 Å². The summed E-state index contributed by atoms with van der Waals surface area (Å²) in [6.45, 7) is 2.10. The summed E-state index contributed by atoms with van der Waals surface area (Å²) in [6.07, 6.45) is 2.79. The molecule has 0 fully saturated rings. The van der Waals surface area contributed by atoms with Gasteiger partial charge in [0.1, 0.15) is 0 Å². The maximum absolute atomic E-state index is 11.1. The van der Waals surface area contributed by atoms with Crippen LogP contribution in [0.5, 0.6) is 0 Å². The van der Waals surface area contributed by atoms with Gasteiger partial charge in [0, 0.05) is 16.3 Å². The van der Waals surface area contributed by atoms with Crippen LogP contribution in [0.3, 0.4) is 0 Å². The van der Waals surface area contributed by atoms with Gasteiger partial charge in [0.15, 0.2) is 0 Å². The number of carbonyl (C=O) groups is 1. The lowest BCUT2D eigenvalue weighted by Gasteiger charge is -2.07. The molecular weight excluding hydrogens is 252 g/mol. The number of aryl methyl sites for hydroxylation is 1. The van der Waals surface area contributed by atoms with Crippen LogP contribution >= 0.6 is 0 Å². The van der Waals surface area contributed by atoms with Crippen LogP contribution in [0.1, 0.15) is 35.9 Å². The lowest BCUT2D eigenvalue weighted by atomic mass is 10.1. The lowest BCUT2D eigenvalue weighted by Crippen LogP contribution is -2.24. The van der Waals surface area contributed by atoms with Crippen molar-refractivity contribution in [2.24, 2.45) is 0 Å². The third-order valence-corrected chi connectivity index (χ3v) is 3.55. The van der Waals surface area contributed by atoms with E-state index in [1.54, 1.807) is 6.07 Å². The number of carboxylic acids is 1. The Hall–Kier alpha value is -2.36. The van der Waals surface area contributed by atoms with Gasteiger partial charge in [-0.05, 0) is 25.0 Å². The normalized spacial score (nSPS) is 11.2. The van der Waals surface area contributed by atoms with Crippen LogP contribution in [0.4, 0.5) is 0 Å². The SMILES string of the molecule is CCCCc1nc(C(=O)[O-])cc2c1[nH]c1ccccc12. The van der Waals surface area contributed by atoms with Gasteiger partial charge in [-0.2, -0.15) is 0 Å². The molecular formula is C16H15N2O2-. The number of carboxylic acid groups (broad SMARTS) is 1. The molecule has 2 heterocycles. The second-order valence-electron chi connectivity index (χ2n) is 4.94. The third-order valence-electron chi connectivity index (χ3n) is 3.55. The van der Waals surface area contributed by atoms with Gasteiger partial charge >= 0.3 is 0 Å². The van der Waals surface area contributed by atoms with E-state index in [1.807, 2.05) is 24.3 Å². The van der Waals surface area contributed by atoms with E-state index in [9.17, 15) is 9.90 Å². The Morgan fingerprint density at radius 1 is 1.30 bits per heavy atom. The van der Waals surface area contributed by atoms with E-state index in [0.717, 1.165) is 46.8 Å². The fourth-order valence-corrected chi connectivity index (χ4v) is 2.54. The minimum absolute atomic E-state index is 0.00774. The largest absolute Gasteiger partial charge is 0.543 e. The molecule has 20 heavy (non-hydrogen) atoms. The Labute approximate surface area is 116 Å². The topological polar surface area (TPSA) is 68.8 Å². The Kier molecular flexibility index (Phi) is 3.14. The number of pyridine rings is 1. The lowest BCUT2D eigenvalue weighted by molar-refractivity contribution is -0.255. The van der Waals surface area contributed by atoms with Crippen molar-refractivity contribution in [2.75, 3.05) is 0 Å². The van der Waals surface area contributed by atoms with Gasteiger partial charge in [-0.15, -0.1) is 0 Å². The minimum atomic E-state index is -1.23. The Balaban J connectivity index is 2.31. The third kappa shape index (κ3) is 2.03. The summed E-state index contributed by atoms with van der Waals surface area (Å²) in [5, 5.41) is 13.1. The van der Waals surface area contributed by atoms with Gasteiger partial charge in [0.05, 0.1) is 22.9 Å². The highest BCUT2D eigenvalue weighted by Crippen LogP contribution is 2.28. The molecule has 1 N–H and O–H groups in total. The first kappa shape index (κ1) is 12.7. The second-order valence-corrected chi connectivity index (χ2v) is 4.94. The van der Waals surface area contributed by atoms with E-state index < -0.39 is 5.97 Å². The van der Waals surface area contributed by atoms with E-state index in [4.69, 9.17) is 0 Å². The summed E-state index contributed by atoms with van der Waals surface area (Å²) in [5.74, 6) is -1.23. The molecule has 102 valence electrons. The zero-order valence-electron chi connectivity index (χ0n) is 11.3. The predicted octanol–water partition coefficient (Wildman–Crippen LogP) is 2.42. The summed E-state index contributed by atoms with van der Waals surface area (Å²) >= 11 is 0. The first-order valence-corrected chi connectivity index (χ1v) is 6.82. The molecule has 0 aliphatic heterocycles. The monoisotopic (exact) mass is 267 g/mol. The molecule has 2 aromatic heterocycles. The number of carbonyl (C=O) groups excluding carboxylic acids is 1. The second kappa shape index (κ2) is 4.96. The molecule has 3 rings (SSSR count). The van der Waals surface area contributed by atoms with Gasteiger partial charge in [-0.25, -0.2) is 4.98 Å². The summed E-state index contributed by atoms with van der Waals surface area (Å²) < 4.78 is 0. The Morgan fingerprint density at radius 2 is 2.10 bits per heavy atom. The molecule has 0 spiro atoms. The quantitative estimate of drug-likeness (QED) is 0.789. The Bertz CT molecular complexity index is 790. The van der Waals surface area contributed by atoms with Crippen molar-refractivity contribution in [3.63, 3.8) is 0 Å². The van der Waals surface area contributed by atoms with Crippen LogP contribution in [-0.2, 0) is 6.42 Å². The van der Waals surface area contributed by atoms with Gasteiger partial charge < -0.3 is 14.9 Å². The standard InChI is InChI=1S/C16H16N2O2/c1-2-3-7-13-15-11(9-14(17-13)16(19)20)10-6-4-5-8-12(10)18-15/h4-6,8-9,18H,2-3,7H2,1H3,(H,19,20)/p-1. The van der Waals surface area contributed by atoms with Crippen LogP contribution in [0.2, 0.25) is 0 Å². The molecule has 0 atom stereocenters. The molecule has 0 saturated heterocycles. The molecule has 4 heteroatoms. The average Bonchev–Trinajstić information content (AvgIpc) is 2.83. The van der Waals surface area contributed by atoms with E-state index in [0.29, 0.717) is 0 Å². The summed E-state index contributed by atoms with van der Waals surface area (Å²) in [5.41, 5.74) is 2.75. The molecule has 4 nitrogen and oxygen atoms in total. The van der Waals surface area contributed by atoms with Crippen LogP contribution in [0.25, 0.3) is 21.8 Å². The van der Waals surface area contributed by atoms with Crippen LogP contribution in [0, 0.1) is 0 Å². The highest BCUT2D eigenvalue weighted by molar-refractivity contribution is 6.09. The van der Waals surface area contributed by atoms with Gasteiger partial charge in [-0.1, -0.05) is 31.5 Å². The maximum Gasteiger partial charge on any atom is 0.0900 e. The van der Waals surface area contributed by atoms with Crippen molar-refractivity contribution in [1.29, 1.82) is 0 Å². The number of benzene rings is 1. The summed E-state index contributed by atoms with van der Waals surface area (Å²) in [4.78, 5) is 18.7. The smallest absolute Gasteiger partial charge is 0.0900 e. The predicted molar refractivity (Wildman–Crippen MR) is 76.5 cm³/mol. The van der Waals surface area contributed by atoms with Crippen molar-refractivity contribution in [3.8, 4) is 0 Å². The number of aromatic nitrogens is 2. The summed E-state index contributed by atoms with van der Waals surface area (Å²) in [7, 11) is 0. The molecule has 0 aliphatic rings. The first-order valence-electron chi connectivity index (χ1n) is 6.82. The summed E-state index contributed by atoms with van der Waals surface area (Å²) in [6, 6.07) is 9.46. The van der Waals surface area contributed by atoms with Crippen molar-refractivity contribution < 1.29 is 9.90 Å². The average molecular weight is 267 g/mol. The molecule has 0 saturated carbocycles. The van der Waals surface area contributed by atoms with Crippen molar-refractivity contribution >= 4 is 27.8 Å². The number of aromatic amines is 1. The number of nitrogens with one attached hydrogen (secondary N) is 1. The molecule has 3 aromatic rings. The van der Waals surface area contributed by atoms with Crippen LogP contribution in [0.15, 0.2) is 30.3 Å². The number of unbranched alkanes of at least 4 members (excludes halogenated alkanes) is 1. The fourth-order valence-electron chi connectivity index (χ4n) is 2.54. The molecule has 0 bridgehead atoms. The van der Waals surface area contributed by atoms with Gasteiger partial charge in [0.25, 0.3) is 0 Å². The van der Waals surface area contributed by atoms with E-state index in [2.05, 4.69) is 16.9 Å². The Morgan fingerprint density at radius 3 is 2.85 bits per heavy atom.